The van der Waals surface area contributed by atoms with Gasteiger partial charge in [-0.05, 0) is 24.5 Å². The van der Waals surface area contributed by atoms with E-state index in [9.17, 15) is 9.59 Å². The molecule has 0 bridgehead atoms. The predicted octanol–water partition coefficient (Wildman–Crippen LogP) is 2.76. The highest BCUT2D eigenvalue weighted by atomic mass is 32.2. The van der Waals surface area contributed by atoms with E-state index in [0.717, 1.165) is 12.1 Å². The lowest BCUT2D eigenvalue weighted by Gasteiger charge is -2.25. The molecule has 0 aliphatic rings. The fourth-order valence-electron chi connectivity index (χ4n) is 2.37. The van der Waals surface area contributed by atoms with E-state index in [2.05, 4.69) is 10.2 Å². The minimum absolute atomic E-state index is 0.000280. The molecule has 1 atom stereocenters. The molecule has 0 saturated carbocycles. The quantitative estimate of drug-likeness (QED) is 0.781. The summed E-state index contributed by atoms with van der Waals surface area (Å²) < 4.78 is 1.59. The Labute approximate surface area is 146 Å². The van der Waals surface area contributed by atoms with Crippen molar-refractivity contribution in [2.75, 3.05) is 11.9 Å². The fourth-order valence-corrected chi connectivity index (χ4v) is 3.53. The summed E-state index contributed by atoms with van der Waals surface area (Å²) in [6.07, 6.45) is 0.831. The number of hydrogen-bond donors (Lipinski definition) is 1. The van der Waals surface area contributed by atoms with Gasteiger partial charge >= 0.3 is 5.69 Å². The van der Waals surface area contributed by atoms with E-state index in [4.69, 9.17) is 0 Å². The molecule has 2 rings (SSSR count). The van der Waals surface area contributed by atoms with Gasteiger partial charge in [-0.2, -0.15) is 0 Å². The third kappa shape index (κ3) is 4.08. The van der Waals surface area contributed by atoms with Gasteiger partial charge in [-0.15, -0.1) is 5.10 Å². The van der Waals surface area contributed by atoms with Crippen molar-refractivity contribution in [3.63, 3.8) is 0 Å². The lowest BCUT2D eigenvalue weighted by Crippen LogP contribution is -2.37. The van der Waals surface area contributed by atoms with Gasteiger partial charge < -0.3 is 4.90 Å². The van der Waals surface area contributed by atoms with E-state index < -0.39 is 0 Å². The molecule has 1 heterocycles. The van der Waals surface area contributed by atoms with Crippen molar-refractivity contribution in [1.82, 2.24) is 14.8 Å². The first kappa shape index (κ1) is 18.3. The topological polar surface area (TPSA) is 71.0 Å². The summed E-state index contributed by atoms with van der Waals surface area (Å²) in [6, 6.07) is 9.54. The molecule has 6 nitrogen and oxygen atoms in total. The van der Waals surface area contributed by atoms with Crippen molar-refractivity contribution in [1.29, 1.82) is 0 Å². The molecule has 1 amide bonds. The molecular weight excluding hydrogens is 324 g/mol. The third-order valence-electron chi connectivity index (χ3n) is 3.73. The van der Waals surface area contributed by atoms with Crippen molar-refractivity contribution in [2.24, 2.45) is 5.92 Å². The van der Waals surface area contributed by atoms with Gasteiger partial charge in [0.2, 0.25) is 5.91 Å². The van der Waals surface area contributed by atoms with Crippen LogP contribution in [0.2, 0.25) is 0 Å². The summed E-state index contributed by atoms with van der Waals surface area (Å²) in [5, 5.41) is 6.81. The van der Waals surface area contributed by atoms with Gasteiger partial charge in [0.1, 0.15) is 0 Å². The maximum atomic E-state index is 12.9. The average molecular weight is 348 g/mol. The van der Waals surface area contributed by atoms with Crippen LogP contribution in [-0.4, -0.2) is 33.0 Å². The van der Waals surface area contributed by atoms with Crippen molar-refractivity contribution in [3.8, 4) is 0 Å². The molecule has 1 unspecified atom stereocenters. The van der Waals surface area contributed by atoms with Crippen LogP contribution in [0.4, 0.5) is 5.69 Å². The van der Waals surface area contributed by atoms with Gasteiger partial charge in [-0.25, -0.2) is 9.89 Å². The van der Waals surface area contributed by atoms with Crippen LogP contribution in [0, 0.1) is 5.92 Å². The number of thioether (sulfide) groups is 1. The Kier molecular flexibility index (Phi) is 6.25. The summed E-state index contributed by atoms with van der Waals surface area (Å²) in [4.78, 5) is 26.4. The van der Waals surface area contributed by atoms with Crippen molar-refractivity contribution < 1.29 is 4.79 Å². The number of benzene rings is 1. The minimum Gasteiger partial charge on any atom is -0.315 e. The lowest BCUT2D eigenvalue weighted by molar-refractivity contribution is -0.118. The molecule has 1 aromatic heterocycles. The smallest absolute Gasteiger partial charge is 0.315 e. The number of carbonyl (C=O) groups is 1. The SMILES string of the molecule is CCCn1c(SC(C(=O)N(C)c2ccccc2)C(C)C)n[nH]c1=O. The second-order valence-electron chi connectivity index (χ2n) is 5.98. The van der Waals surface area contributed by atoms with Crippen LogP contribution in [0.25, 0.3) is 0 Å². The van der Waals surface area contributed by atoms with Crippen LogP contribution in [0.15, 0.2) is 40.3 Å². The largest absolute Gasteiger partial charge is 0.343 e. The molecular formula is C17H24N4O2S. The Bertz CT molecular complexity index is 724. The average Bonchev–Trinajstić information content (AvgIpc) is 2.92. The third-order valence-corrected chi connectivity index (χ3v) is 5.25. The fraction of sp³-hybridized carbons (Fsp3) is 0.471. The Morgan fingerprint density at radius 1 is 1.33 bits per heavy atom. The van der Waals surface area contributed by atoms with E-state index >= 15 is 0 Å². The predicted molar refractivity (Wildman–Crippen MR) is 97.5 cm³/mol. The second kappa shape index (κ2) is 8.19. The van der Waals surface area contributed by atoms with Gasteiger partial charge in [0.15, 0.2) is 5.16 Å². The highest BCUT2D eigenvalue weighted by Crippen LogP contribution is 2.29. The number of hydrogen-bond acceptors (Lipinski definition) is 4. The summed E-state index contributed by atoms with van der Waals surface area (Å²) in [5.41, 5.74) is 0.618. The van der Waals surface area contributed by atoms with E-state index in [-0.39, 0.29) is 22.8 Å². The molecule has 130 valence electrons. The molecule has 24 heavy (non-hydrogen) atoms. The van der Waals surface area contributed by atoms with E-state index in [0.29, 0.717) is 11.7 Å². The maximum absolute atomic E-state index is 12.9. The molecule has 1 aromatic carbocycles. The number of nitrogens with one attached hydrogen (secondary N) is 1. The van der Waals surface area contributed by atoms with Crippen LogP contribution in [0.1, 0.15) is 27.2 Å². The van der Waals surface area contributed by atoms with E-state index in [1.54, 1.807) is 16.5 Å². The van der Waals surface area contributed by atoms with E-state index in [1.807, 2.05) is 51.1 Å². The number of amides is 1. The molecule has 0 radical (unpaired) electrons. The number of H-pyrrole nitrogens is 1. The highest BCUT2D eigenvalue weighted by Gasteiger charge is 2.29. The summed E-state index contributed by atoms with van der Waals surface area (Å²) in [7, 11) is 1.78. The lowest BCUT2D eigenvalue weighted by atomic mass is 10.1. The molecule has 1 N–H and O–H groups in total. The van der Waals surface area contributed by atoms with Crippen LogP contribution < -0.4 is 10.6 Å². The number of carbonyl (C=O) groups excluding carboxylic acids is 1. The Morgan fingerprint density at radius 3 is 2.58 bits per heavy atom. The summed E-state index contributed by atoms with van der Waals surface area (Å²) >= 11 is 1.34. The maximum Gasteiger partial charge on any atom is 0.343 e. The van der Waals surface area contributed by atoms with Crippen LogP contribution in [0.5, 0.6) is 0 Å². The number of aromatic nitrogens is 3. The Hall–Kier alpha value is -2.02. The van der Waals surface area contributed by atoms with Crippen molar-refractivity contribution in [3.05, 3.63) is 40.8 Å². The monoisotopic (exact) mass is 348 g/mol. The van der Waals surface area contributed by atoms with Crippen LogP contribution in [0.3, 0.4) is 0 Å². The van der Waals surface area contributed by atoms with Crippen molar-refractivity contribution in [2.45, 2.75) is 44.1 Å². The second-order valence-corrected chi connectivity index (χ2v) is 7.09. The number of aromatic amines is 1. The number of para-hydroxylation sites is 1. The normalized spacial score (nSPS) is 12.4. The molecule has 2 aromatic rings. The molecule has 0 fully saturated rings. The Balaban J connectivity index is 2.24. The van der Waals surface area contributed by atoms with Gasteiger partial charge in [0, 0.05) is 19.3 Å². The zero-order valence-electron chi connectivity index (χ0n) is 14.5. The Morgan fingerprint density at radius 2 is 2.00 bits per heavy atom. The van der Waals surface area contributed by atoms with E-state index in [1.165, 1.54) is 11.8 Å². The molecule has 0 spiro atoms. The van der Waals surface area contributed by atoms with Crippen molar-refractivity contribution >= 4 is 23.4 Å². The minimum atomic E-state index is -0.319. The molecule has 0 saturated heterocycles. The molecule has 0 aliphatic carbocycles. The molecule has 7 heteroatoms. The zero-order chi connectivity index (χ0) is 17.7. The highest BCUT2D eigenvalue weighted by molar-refractivity contribution is 8.00. The van der Waals surface area contributed by atoms with Crippen LogP contribution in [-0.2, 0) is 11.3 Å². The summed E-state index contributed by atoms with van der Waals surface area (Å²) in [6.45, 7) is 6.60. The number of nitrogens with zero attached hydrogens (tertiary/aromatic N) is 3. The zero-order valence-corrected chi connectivity index (χ0v) is 15.3. The van der Waals surface area contributed by atoms with Gasteiger partial charge in [0.25, 0.3) is 0 Å². The number of rotatable bonds is 7. The van der Waals surface area contributed by atoms with Gasteiger partial charge in [0.05, 0.1) is 5.25 Å². The molecule has 0 aliphatic heterocycles. The first-order chi connectivity index (χ1) is 11.5. The van der Waals surface area contributed by atoms with Crippen LogP contribution >= 0.6 is 11.8 Å². The first-order valence-electron chi connectivity index (χ1n) is 8.10. The first-order valence-corrected chi connectivity index (χ1v) is 8.98. The standard InChI is InChI=1S/C17H24N4O2S/c1-5-11-21-16(23)18-19-17(21)24-14(12(2)3)15(22)20(4)13-9-7-6-8-10-13/h6-10,12,14H,5,11H2,1-4H3,(H,18,23). The summed E-state index contributed by atoms with van der Waals surface area (Å²) in [5.74, 6) is 0.107. The number of anilines is 1. The van der Waals surface area contributed by atoms with Gasteiger partial charge in [-0.3, -0.25) is 9.36 Å². The van der Waals surface area contributed by atoms with Gasteiger partial charge in [-0.1, -0.05) is 50.7 Å².